The minimum Gasteiger partial charge on any atom is -0.473 e. The molecule has 10 heteroatoms. The summed E-state index contributed by atoms with van der Waals surface area (Å²) in [5.41, 5.74) is 2.85. The molecule has 33 heavy (non-hydrogen) atoms. The molecular weight excluding hydrogens is 490 g/mol. The molecule has 0 saturated carbocycles. The molecule has 1 spiro atoms. The normalized spacial score (nSPS) is 22.5. The Morgan fingerprint density at radius 1 is 1.27 bits per heavy atom. The largest absolute Gasteiger partial charge is 0.473 e. The SMILES string of the molecule is COCCOc1nc(Br)cn2cc(C(=O)N3CC[C@]4(Cc5ccccc5CN4)[C@H](O)C3)nc12. The molecule has 0 bridgehead atoms. The molecular formula is C23H26BrN5O4. The summed E-state index contributed by atoms with van der Waals surface area (Å²) >= 11 is 3.37. The molecule has 9 nitrogen and oxygen atoms in total. The van der Waals surface area contributed by atoms with Gasteiger partial charge in [0, 0.05) is 39.1 Å². The highest BCUT2D eigenvalue weighted by atomic mass is 79.9. The fourth-order valence-electron chi connectivity index (χ4n) is 4.67. The van der Waals surface area contributed by atoms with Crippen LogP contribution in [0.1, 0.15) is 28.0 Å². The molecule has 4 heterocycles. The number of hydrogen-bond acceptors (Lipinski definition) is 7. The van der Waals surface area contributed by atoms with Gasteiger partial charge in [0.05, 0.1) is 18.2 Å². The van der Waals surface area contributed by atoms with Gasteiger partial charge in [-0.1, -0.05) is 24.3 Å². The van der Waals surface area contributed by atoms with Gasteiger partial charge in [0.25, 0.3) is 11.8 Å². The zero-order valence-corrected chi connectivity index (χ0v) is 19.9. The van der Waals surface area contributed by atoms with Crippen molar-refractivity contribution in [3.8, 4) is 5.88 Å². The number of ether oxygens (including phenoxy) is 2. The average Bonchev–Trinajstić information content (AvgIpc) is 3.24. The second-order valence-corrected chi connectivity index (χ2v) is 9.35. The molecule has 0 unspecified atom stereocenters. The van der Waals surface area contributed by atoms with E-state index in [0.717, 1.165) is 13.0 Å². The second kappa shape index (κ2) is 9.02. The first-order valence-corrected chi connectivity index (χ1v) is 11.7. The van der Waals surface area contributed by atoms with Crippen molar-refractivity contribution in [3.63, 3.8) is 0 Å². The first-order chi connectivity index (χ1) is 16.0. The number of β-amino-alcohol motifs (C(OH)–C–C–N with tert-alkyl or cyclic N) is 1. The van der Waals surface area contributed by atoms with E-state index in [1.54, 1.807) is 28.8 Å². The van der Waals surface area contributed by atoms with Crippen LogP contribution in [0.25, 0.3) is 5.65 Å². The number of aliphatic hydroxyl groups excluding tert-OH is 1. The molecule has 2 aliphatic heterocycles. The number of carbonyl (C=O) groups excluding carboxylic acids is 1. The van der Waals surface area contributed by atoms with Crippen LogP contribution in [0.5, 0.6) is 5.88 Å². The van der Waals surface area contributed by atoms with Gasteiger partial charge >= 0.3 is 0 Å². The summed E-state index contributed by atoms with van der Waals surface area (Å²) < 4.78 is 13.0. The summed E-state index contributed by atoms with van der Waals surface area (Å²) in [7, 11) is 1.60. The second-order valence-electron chi connectivity index (χ2n) is 8.54. The zero-order chi connectivity index (χ0) is 23.0. The number of nitrogens with one attached hydrogen (secondary N) is 1. The average molecular weight is 516 g/mol. The van der Waals surface area contributed by atoms with Crippen LogP contribution >= 0.6 is 15.9 Å². The Morgan fingerprint density at radius 3 is 2.88 bits per heavy atom. The number of aromatic nitrogens is 3. The van der Waals surface area contributed by atoms with E-state index in [4.69, 9.17) is 9.47 Å². The molecule has 3 aromatic rings. The molecule has 0 aliphatic carbocycles. The quantitative estimate of drug-likeness (QED) is 0.499. The highest BCUT2D eigenvalue weighted by Crippen LogP contribution is 2.32. The third-order valence-electron chi connectivity index (χ3n) is 6.52. The Labute approximate surface area is 199 Å². The number of rotatable bonds is 5. The van der Waals surface area contributed by atoms with E-state index in [1.165, 1.54) is 11.1 Å². The lowest BCUT2D eigenvalue weighted by molar-refractivity contribution is -0.0140. The minimum atomic E-state index is -0.677. The number of aliphatic hydroxyl groups is 1. The van der Waals surface area contributed by atoms with Crippen molar-refractivity contribution in [1.29, 1.82) is 0 Å². The Morgan fingerprint density at radius 2 is 2.09 bits per heavy atom. The predicted molar refractivity (Wildman–Crippen MR) is 124 cm³/mol. The number of likely N-dealkylation sites (tertiary alicyclic amines) is 1. The molecule has 1 aromatic carbocycles. The van der Waals surface area contributed by atoms with Crippen molar-refractivity contribution in [3.05, 3.63) is 58.1 Å². The van der Waals surface area contributed by atoms with Crippen molar-refractivity contribution in [1.82, 2.24) is 24.6 Å². The topological polar surface area (TPSA) is 101 Å². The highest BCUT2D eigenvalue weighted by Gasteiger charge is 2.45. The van der Waals surface area contributed by atoms with E-state index in [2.05, 4.69) is 43.3 Å². The van der Waals surface area contributed by atoms with Crippen LogP contribution in [0.3, 0.4) is 0 Å². The Kier molecular flexibility index (Phi) is 6.09. The molecule has 2 N–H and O–H groups in total. The Balaban J connectivity index is 1.33. The van der Waals surface area contributed by atoms with Crippen LogP contribution in [-0.2, 0) is 17.7 Å². The number of amides is 1. The van der Waals surface area contributed by atoms with Crippen molar-refractivity contribution in [2.45, 2.75) is 31.0 Å². The first-order valence-electron chi connectivity index (χ1n) is 11.0. The number of methoxy groups -OCH3 is 1. The summed E-state index contributed by atoms with van der Waals surface area (Å²) in [6.45, 7) is 2.25. The number of halogens is 1. The lowest BCUT2D eigenvalue weighted by Gasteiger charge is -2.48. The molecule has 2 aliphatic rings. The van der Waals surface area contributed by atoms with E-state index in [0.29, 0.717) is 42.3 Å². The highest BCUT2D eigenvalue weighted by molar-refractivity contribution is 9.10. The van der Waals surface area contributed by atoms with Gasteiger partial charge in [0.2, 0.25) is 5.65 Å². The van der Waals surface area contributed by atoms with Gasteiger partial charge in [-0.25, -0.2) is 9.97 Å². The van der Waals surface area contributed by atoms with Crippen LogP contribution < -0.4 is 10.1 Å². The van der Waals surface area contributed by atoms with E-state index >= 15 is 0 Å². The molecule has 2 atom stereocenters. The van der Waals surface area contributed by atoms with Crippen molar-refractivity contribution in [2.75, 3.05) is 33.4 Å². The van der Waals surface area contributed by atoms with Gasteiger partial charge in [0.15, 0.2) is 0 Å². The van der Waals surface area contributed by atoms with Crippen LogP contribution in [0.4, 0.5) is 0 Å². The van der Waals surface area contributed by atoms with E-state index < -0.39 is 11.6 Å². The molecule has 5 rings (SSSR count). The zero-order valence-electron chi connectivity index (χ0n) is 18.3. The summed E-state index contributed by atoms with van der Waals surface area (Å²) in [6, 6.07) is 8.31. The standard InChI is InChI=1S/C23H26BrN5O4/c1-32-8-9-33-21-20-26-17(12-29(20)14-19(24)27-21)22(31)28-7-6-23(18(30)13-28)10-15-4-2-3-5-16(15)11-25-23/h2-5,12,14,18,25,30H,6-11,13H2,1H3/t18-,23+/m1/s1. The molecule has 1 saturated heterocycles. The minimum absolute atomic E-state index is 0.220. The summed E-state index contributed by atoms with van der Waals surface area (Å²) in [6.07, 6.45) is 4.14. The predicted octanol–water partition coefficient (Wildman–Crippen LogP) is 1.81. The number of carbonyl (C=O) groups is 1. The Hall–Kier alpha value is -2.53. The molecule has 1 fully saturated rings. The van der Waals surface area contributed by atoms with Crippen LogP contribution in [-0.4, -0.2) is 75.3 Å². The first kappa shape index (κ1) is 22.3. The van der Waals surface area contributed by atoms with Gasteiger partial charge in [-0.3, -0.25) is 9.20 Å². The Bertz CT molecular complexity index is 1180. The molecule has 2 aromatic heterocycles. The lowest BCUT2D eigenvalue weighted by atomic mass is 9.76. The number of nitrogens with zero attached hydrogens (tertiary/aromatic N) is 4. The number of hydrogen-bond donors (Lipinski definition) is 2. The van der Waals surface area contributed by atoms with Gasteiger partial charge < -0.3 is 24.8 Å². The maximum Gasteiger partial charge on any atom is 0.274 e. The van der Waals surface area contributed by atoms with E-state index in [9.17, 15) is 9.90 Å². The fraction of sp³-hybridized carbons (Fsp3) is 0.435. The third kappa shape index (κ3) is 4.23. The summed E-state index contributed by atoms with van der Waals surface area (Å²) in [5, 5.41) is 14.6. The smallest absolute Gasteiger partial charge is 0.274 e. The van der Waals surface area contributed by atoms with Gasteiger partial charge in [-0.2, -0.15) is 0 Å². The number of piperidine rings is 1. The fourth-order valence-corrected chi connectivity index (χ4v) is 5.05. The number of fused-ring (bicyclic) bond motifs is 2. The molecule has 174 valence electrons. The van der Waals surface area contributed by atoms with E-state index in [1.807, 2.05) is 12.1 Å². The third-order valence-corrected chi connectivity index (χ3v) is 6.91. The van der Waals surface area contributed by atoms with Gasteiger partial charge in [-0.05, 0) is 39.9 Å². The van der Waals surface area contributed by atoms with Crippen molar-refractivity contribution in [2.24, 2.45) is 0 Å². The summed E-state index contributed by atoms with van der Waals surface area (Å²) in [4.78, 5) is 23.8. The monoisotopic (exact) mass is 515 g/mol. The maximum atomic E-state index is 13.3. The van der Waals surface area contributed by atoms with Crippen molar-refractivity contribution < 1.29 is 19.4 Å². The number of benzene rings is 1. The van der Waals surface area contributed by atoms with Crippen LogP contribution in [0.2, 0.25) is 0 Å². The van der Waals surface area contributed by atoms with E-state index in [-0.39, 0.29) is 18.1 Å². The van der Waals surface area contributed by atoms with Gasteiger partial charge in [0.1, 0.15) is 16.9 Å². The van der Waals surface area contributed by atoms with Crippen LogP contribution in [0.15, 0.2) is 41.3 Å². The lowest BCUT2D eigenvalue weighted by Crippen LogP contribution is -2.65. The molecule has 1 amide bonds. The maximum absolute atomic E-state index is 13.3. The van der Waals surface area contributed by atoms with Crippen molar-refractivity contribution >= 4 is 27.5 Å². The molecule has 0 radical (unpaired) electrons. The van der Waals surface area contributed by atoms with Gasteiger partial charge in [-0.15, -0.1) is 0 Å². The van der Waals surface area contributed by atoms with Crippen LogP contribution in [0, 0.1) is 0 Å². The summed E-state index contributed by atoms with van der Waals surface area (Å²) in [5.74, 6) is 0.103. The number of imidazole rings is 1.